The molecule has 0 aromatic carbocycles. The van der Waals surface area contributed by atoms with Gasteiger partial charge in [-0.15, -0.1) is 6.42 Å². The summed E-state index contributed by atoms with van der Waals surface area (Å²) in [5.74, 6) is 2.76. The molecule has 1 saturated carbocycles. The Balaban J connectivity index is 2.57. The smallest absolute Gasteiger partial charge is 0.316 e. The summed E-state index contributed by atoms with van der Waals surface area (Å²) in [5.41, 5.74) is -0.651. The molecule has 0 bridgehead atoms. The van der Waals surface area contributed by atoms with E-state index in [2.05, 4.69) is 16.6 Å². The summed E-state index contributed by atoms with van der Waals surface area (Å²) in [7, 11) is 0. The van der Waals surface area contributed by atoms with Gasteiger partial charge in [0.2, 0.25) is 0 Å². The first-order valence-electron chi connectivity index (χ1n) is 5.95. The molecule has 2 amide bonds. The number of terminal acetylenes is 1. The molecule has 3 nitrogen and oxygen atoms in total. The molecule has 2 N–H and O–H groups in total. The molecule has 0 saturated heterocycles. The van der Waals surface area contributed by atoms with Gasteiger partial charge in [-0.2, -0.15) is 0 Å². The quantitative estimate of drug-likeness (QED) is 0.657. The van der Waals surface area contributed by atoms with Crippen molar-refractivity contribution in [1.29, 1.82) is 0 Å². The Morgan fingerprint density at radius 3 is 2.25 bits per heavy atom. The summed E-state index contributed by atoms with van der Waals surface area (Å²) in [6, 6.07) is -0.160. The molecule has 1 aliphatic rings. The third-order valence-electron chi connectivity index (χ3n) is 2.82. The minimum Gasteiger partial charge on any atom is -0.334 e. The van der Waals surface area contributed by atoms with Gasteiger partial charge in [0.05, 0.1) is 0 Å². The van der Waals surface area contributed by atoms with Crippen molar-refractivity contribution in [2.24, 2.45) is 0 Å². The SMILES string of the molecule is C#CC1(NC(=O)NC(C)(C)C)CCCCC1. The lowest BCUT2D eigenvalue weighted by molar-refractivity contribution is 0.214. The second-order valence-corrected chi connectivity index (χ2v) is 5.62. The Morgan fingerprint density at radius 1 is 1.25 bits per heavy atom. The molecule has 0 heterocycles. The van der Waals surface area contributed by atoms with E-state index in [0.717, 1.165) is 25.7 Å². The minimum atomic E-state index is -0.423. The van der Waals surface area contributed by atoms with Gasteiger partial charge < -0.3 is 10.6 Å². The van der Waals surface area contributed by atoms with Gasteiger partial charge in [0.15, 0.2) is 0 Å². The fourth-order valence-electron chi connectivity index (χ4n) is 2.05. The van der Waals surface area contributed by atoms with E-state index in [1.54, 1.807) is 0 Å². The van der Waals surface area contributed by atoms with Gasteiger partial charge in [-0.1, -0.05) is 25.2 Å². The van der Waals surface area contributed by atoms with Crippen molar-refractivity contribution in [3.05, 3.63) is 0 Å². The van der Waals surface area contributed by atoms with E-state index in [1.165, 1.54) is 6.42 Å². The number of carbonyl (C=O) groups is 1. The summed E-state index contributed by atoms with van der Waals surface area (Å²) in [5, 5.41) is 5.83. The molecule has 3 heteroatoms. The standard InChI is InChI=1S/C13H22N2O/c1-5-13(9-7-6-8-10-13)15-11(16)14-12(2,3)4/h1H,6-10H2,2-4H3,(H2,14,15,16). The highest BCUT2D eigenvalue weighted by atomic mass is 16.2. The second-order valence-electron chi connectivity index (χ2n) is 5.62. The van der Waals surface area contributed by atoms with Gasteiger partial charge in [0, 0.05) is 5.54 Å². The van der Waals surface area contributed by atoms with Crippen LogP contribution in [0.1, 0.15) is 52.9 Å². The van der Waals surface area contributed by atoms with Gasteiger partial charge >= 0.3 is 6.03 Å². The van der Waals surface area contributed by atoms with Crippen molar-refractivity contribution in [1.82, 2.24) is 10.6 Å². The molecule has 1 fully saturated rings. The first kappa shape index (κ1) is 12.9. The maximum absolute atomic E-state index is 11.8. The van der Waals surface area contributed by atoms with E-state index in [9.17, 15) is 4.79 Å². The molecular weight excluding hydrogens is 200 g/mol. The lowest BCUT2D eigenvalue weighted by Gasteiger charge is -2.34. The predicted molar refractivity (Wildman–Crippen MR) is 66.1 cm³/mol. The topological polar surface area (TPSA) is 41.1 Å². The Morgan fingerprint density at radius 2 is 1.81 bits per heavy atom. The molecule has 0 spiro atoms. The highest BCUT2D eigenvalue weighted by molar-refractivity contribution is 5.76. The van der Waals surface area contributed by atoms with Crippen molar-refractivity contribution in [2.75, 3.05) is 0 Å². The Bertz CT molecular complexity index is 290. The summed E-state index contributed by atoms with van der Waals surface area (Å²) in [6.07, 6.45) is 10.7. The van der Waals surface area contributed by atoms with Gasteiger partial charge in [0.25, 0.3) is 0 Å². The zero-order valence-electron chi connectivity index (χ0n) is 10.5. The summed E-state index contributed by atoms with van der Waals surface area (Å²) in [4.78, 5) is 11.8. The van der Waals surface area contributed by atoms with Crippen molar-refractivity contribution in [3.8, 4) is 12.3 Å². The van der Waals surface area contributed by atoms with Crippen LogP contribution in [-0.2, 0) is 0 Å². The molecule has 0 atom stereocenters. The van der Waals surface area contributed by atoms with Crippen molar-refractivity contribution in [3.63, 3.8) is 0 Å². The number of carbonyl (C=O) groups excluding carboxylic acids is 1. The minimum absolute atomic E-state index is 0.160. The number of hydrogen-bond donors (Lipinski definition) is 2. The molecule has 90 valence electrons. The van der Waals surface area contributed by atoms with Crippen molar-refractivity contribution < 1.29 is 4.79 Å². The Kier molecular flexibility index (Phi) is 3.85. The van der Waals surface area contributed by atoms with Gasteiger partial charge in [-0.25, -0.2) is 4.79 Å². The second kappa shape index (κ2) is 4.78. The zero-order chi connectivity index (χ0) is 12.2. The first-order valence-corrected chi connectivity index (χ1v) is 5.95. The average molecular weight is 222 g/mol. The Labute approximate surface area is 98.4 Å². The molecule has 0 aliphatic heterocycles. The molecule has 16 heavy (non-hydrogen) atoms. The number of amides is 2. The van der Waals surface area contributed by atoms with Gasteiger partial charge in [-0.3, -0.25) is 0 Å². The van der Waals surface area contributed by atoms with Crippen LogP contribution in [0.5, 0.6) is 0 Å². The summed E-state index contributed by atoms with van der Waals surface area (Å²) >= 11 is 0. The maximum Gasteiger partial charge on any atom is 0.316 e. The van der Waals surface area contributed by atoms with Crippen LogP contribution in [0.15, 0.2) is 0 Å². The number of urea groups is 1. The average Bonchev–Trinajstić information content (AvgIpc) is 2.16. The van der Waals surface area contributed by atoms with Crippen LogP contribution in [0.4, 0.5) is 4.79 Å². The fraction of sp³-hybridized carbons (Fsp3) is 0.769. The van der Waals surface area contributed by atoms with E-state index in [0.29, 0.717) is 0 Å². The Hall–Kier alpha value is -1.17. The van der Waals surface area contributed by atoms with Crippen LogP contribution >= 0.6 is 0 Å². The van der Waals surface area contributed by atoms with E-state index in [4.69, 9.17) is 6.42 Å². The fourth-order valence-corrected chi connectivity index (χ4v) is 2.05. The predicted octanol–water partition coefficient (Wildman–Crippen LogP) is 2.42. The lowest BCUT2D eigenvalue weighted by Crippen LogP contribution is -2.55. The molecule has 0 unspecified atom stereocenters. The lowest BCUT2D eigenvalue weighted by atomic mass is 9.82. The van der Waals surface area contributed by atoms with E-state index in [1.807, 2.05) is 20.8 Å². The zero-order valence-corrected chi connectivity index (χ0v) is 10.5. The molecule has 0 radical (unpaired) electrons. The first-order chi connectivity index (χ1) is 7.37. The van der Waals surface area contributed by atoms with Gasteiger partial charge in [0.1, 0.15) is 5.54 Å². The van der Waals surface area contributed by atoms with E-state index < -0.39 is 5.54 Å². The van der Waals surface area contributed by atoms with Crippen molar-refractivity contribution in [2.45, 2.75) is 64.0 Å². The maximum atomic E-state index is 11.8. The van der Waals surface area contributed by atoms with E-state index >= 15 is 0 Å². The molecule has 0 aromatic rings. The molecule has 1 aliphatic carbocycles. The summed E-state index contributed by atoms with van der Waals surface area (Å²) < 4.78 is 0. The molecular formula is C13H22N2O. The monoisotopic (exact) mass is 222 g/mol. The van der Waals surface area contributed by atoms with Crippen LogP contribution in [0.3, 0.4) is 0 Å². The summed E-state index contributed by atoms with van der Waals surface area (Å²) in [6.45, 7) is 5.86. The van der Waals surface area contributed by atoms with Gasteiger partial charge in [-0.05, 0) is 33.6 Å². The highest BCUT2D eigenvalue weighted by Gasteiger charge is 2.32. The van der Waals surface area contributed by atoms with Crippen LogP contribution in [0.2, 0.25) is 0 Å². The molecule has 0 aromatic heterocycles. The molecule has 1 rings (SSSR count). The normalized spacial score (nSPS) is 19.6. The number of rotatable bonds is 1. The van der Waals surface area contributed by atoms with Crippen LogP contribution in [-0.4, -0.2) is 17.1 Å². The largest absolute Gasteiger partial charge is 0.334 e. The third kappa shape index (κ3) is 3.77. The van der Waals surface area contributed by atoms with Crippen LogP contribution in [0.25, 0.3) is 0 Å². The highest BCUT2D eigenvalue weighted by Crippen LogP contribution is 2.27. The van der Waals surface area contributed by atoms with Crippen LogP contribution in [0, 0.1) is 12.3 Å². The number of hydrogen-bond acceptors (Lipinski definition) is 1. The van der Waals surface area contributed by atoms with E-state index in [-0.39, 0.29) is 11.6 Å². The van der Waals surface area contributed by atoms with Crippen LogP contribution < -0.4 is 10.6 Å². The van der Waals surface area contributed by atoms with Crippen molar-refractivity contribution >= 4 is 6.03 Å². The third-order valence-corrected chi connectivity index (χ3v) is 2.82. The number of nitrogens with one attached hydrogen (secondary N) is 2.